The summed E-state index contributed by atoms with van der Waals surface area (Å²) in [6.07, 6.45) is 1.92. The zero-order chi connectivity index (χ0) is 27.8. The Labute approximate surface area is 224 Å². The zero-order valence-corrected chi connectivity index (χ0v) is 22.9. The van der Waals surface area contributed by atoms with Crippen LogP contribution in [-0.2, 0) is 29.0 Å². The van der Waals surface area contributed by atoms with Crippen LogP contribution in [0.15, 0.2) is 36.4 Å². The highest BCUT2D eigenvalue weighted by molar-refractivity contribution is 5.73. The number of carbonyl (C=O) groups excluding carboxylic acids is 2. The largest absolute Gasteiger partial charge is 0.390 e. The predicted molar refractivity (Wildman–Crippen MR) is 145 cm³/mol. The van der Waals surface area contributed by atoms with Gasteiger partial charge in [-0.25, -0.2) is 8.78 Å². The van der Waals surface area contributed by atoms with Crippen molar-refractivity contribution in [3.05, 3.63) is 70.3 Å². The van der Waals surface area contributed by atoms with Gasteiger partial charge in [-0.15, -0.1) is 0 Å². The first kappa shape index (κ1) is 29.7. The van der Waals surface area contributed by atoms with Crippen molar-refractivity contribution in [2.45, 2.75) is 78.0 Å². The van der Waals surface area contributed by atoms with Crippen molar-refractivity contribution >= 4 is 11.8 Å². The second kappa shape index (κ2) is 13.8. The van der Waals surface area contributed by atoms with Crippen LogP contribution in [0.1, 0.15) is 68.7 Å². The third-order valence-corrected chi connectivity index (χ3v) is 7.13. The summed E-state index contributed by atoms with van der Waals surface area (Å²) in [5, 5.41) is 17.0. The fourth-order valence-electron chi connectivity index (χ4n) is 5.34. The van der Waals surface area contributed by atoms with E-state index in [0.29, 0.717) is 23.9 Å². The molecular weight excluding hydrogens is 488 g/mol. The third kappa shape index (κ3) is 8.88. The monoisotopic (exact) mass is 529 g/mol. The number of nitrogens with zero attached hydrogens (tertiary/aromatic N) is 1. The molecule has 208 valence electrons. The van der Waals surface area contributed by atoms with Crippen LogP contribution in [0.4, 0.5) is 8.78 Å². The summed E-state index contributed by atoms with van der Waals surface area (Å²) < 4.78 is 27.3. The first-order valence-corrected chi connectivity index (χ1v) is 13.5. The Bertz CT molecular complexity index is 1080. The summed E-state index contributed by atoms with van der Waals surface area (Å²) in [5.74, 6) is -0.731. The van der Waals surface area contributed by atoms with E-state index < -0.39 is 23.8 Å². The van der Waals surface area contributed by atoms with Gasteiger partial charge in [0, 0.05) is 46.1 Å². The van der Waals surface area contributed by atoms with Crippen LogP contribution in [0, 0.1) is 17.6 Å². The molecule has 1 aliphatic heterocycles. The molecule has 0 spiro atoms. The summed E-state index contributed by atoms with van der Waals surface area (Å²) in [4.78, 5) is 25.4. The van der Waals surface area contributed by atoms with E-state index in [0.717, 1.165) is 38.4 Å². The number of hydrogen-bond acceptors (Lipinski definition) is 4. The molecule has 1 saturated heterocycles. The summed E-state index contributed by atoms with van der Waals surface area (Å²) in [6.45, 7) is 9.56. The number of hydrogen-bond donors (Lipinski definition) is 3. The first-order valence-electron chi connectivity index (χ1n) is 13.5. The number of amides is 2. The highest BCUT2D eigenvalue weighted by Gasteiger charge is 2.25. The average Bonchev–Trinajstić information content (AvgIpc) is 2.82. The number of nitrogens with one attached hydrogen (secondary N) is 2. The molecule has 2 unspecified atom stereocenters. The molecule has 0 bridgehead atoms. The molecular formula is C30H41F2N3O3. The fraction of sp³-hybridized carbons (Fsp3) is 0.533. The normalized spacial score (nSPS) is 15.9. The second-order valence-electron chi connectivity index (χ2n) is 10.9. The number of rotatable bonds is 11. The smallest absolute Gasteiger partial charge is 0.219 e. The van der Waals surface area contributed by atoms with Gasteiger partial charge in [0.05, 0.1) is 12.1 Å². The zero-order valence-electron chi connectivity index (χ0n) is 22.9. The van der Waals surface area contributed by atoms with E-state index in [1.165, 1.54) is 35.7 Å². The minimum atomic E-state index is -0.966. The van der Waals surface area contributed by atoms with Crippen molar-refractivity contribution in [3.63, 3.8) is 0 Å². The Morgan fingerprint density at radius 1 is 1.00 bits per heavy atom. The lowest BCUT2D eigenvalue weighted by molar-refractivity contribution is -0.129. The lowest BCUT2D eigenvalue weighted by atomic mass is 9.85. The van der Waals surface area contributed by atoms with Gasteiger partial charge in [-0.2, -0.15) is 0 Å². The van der Waals surface area contributed by atoms with Gasteiger partial charge >= 0.3 is 0 Å². The van der Waals surface area contributed by atoms with E-state index in [-0.39, 0.29) is 24.8 Å². The number of halogens is 2. The van der Waals surface area contributed by atoms with E-state index in [2.05, 4.69) is 42.7 Å². The van der Waals surface area contributed by atoms with Crippen molar-refractivity contribution in [2.24, 2.45) is 5.92 Å². The van der Waals surface area contributed by atoms with E-state index in [1.807, 2.05) is 4.90 Å². The molecule has 2 amide bonds. The summed E-state index contributed by atoms with van der Waals surface area (Å²) in [7, 11) is 0. The van der Waals surface area contributed by atoms with Crippen molar-refractivity contribution in [1.82, 2.24) is 15.5 Å². The fourth-order valence-corrected chi connectivity index (χ4v) is 5.34. The number of likely N-dealkylation sites (tertiary alicyclic amines) is 1. The van der Waals surface area contributed by atoms with Gasteiger partial charge < -0.3 is 20.6 Å². The number of aliphatic hydroxyl groups is 1. The Kier molecular flexibility index (Phi) is 10.8. The summed E-state index contributed by atoms with van der Waals surface area (Å²) >= 11 is 0. The Morgan fingerprint density at radius 3 is 2.24 bits per heavy atom. The molecule has 3 N–H and O–H groups in total. The van der Waals surface area contributed by atoms with E-state index in [4.69, 9.17) is 0 Å². The van der Waals surface area contributed by atoms with Crippen molar-refractivity contribution in [2.75, 3.05) is 19.6 Å². The SMILES string of the molecule is CC(=O)NC(Cc1cc(F)cc(F)c1)C(O)CNCc1cc(CC(C)C)ccc1C1CCN(C(C)=O)CC1. The predicted octanol–water partition coefficient (Wildman–Crippen LogP) is 4.09. The first-order chi connectivity index (χ1) is 18.0. The van der Waals surface area contributed by atoms with Crippen molar-refractivity contribution in [3.8, 4) is 0 Å². The topological polar surface area (TPSA) is 81.7 Å². The van der Waals surface area contributed by atoms with Crippen molar-refractivity contribution in [1.29, 1.82) is 0 Å². The Balaban J connectivity index is 1.70. The van der Waals surface area contributed by atoms with Crippen molar-refractivity contribution < 1.29 is 23.5 Å². The molecule has 6 nitrogen and oxygen atoms in total. The molecule has 8 heteroatoms. The lowest BCUT2D eigenvalue weighted by Gasteiger charge is -2.32. The maximum Gasteiger partial charge on any atom is 0.219 e. The lowest BCUT2D eigenvalue weighted by Crippen LogP contribution is -2.48. The minimum Gasteiger partial charge on any atom is -0.390 e. The van der Waals surface area contributed by atoms with Crippen LogP contribution in [0.3, 0.4) is 0 Å². The standard InChI is InChI=1S/C30H41F2N3O3/c1-19(2)11-22-5-6-28(24-7-9-35(10-8-24)21(4)37)25(12-22)17-33-18-30(38)29(34-20(3)36)15-23-13-26(31)16-27(32)14-23/h5-6,12-14,16,19,24,29-30,33,38H,7-11,15,17-18H2,1-4H3,(H,34,36). The van der Waals surface area contributed by atoms with E-state index in [1.54, 1.807) is 6.92 Å². The second-order valence-corrected chi connectivity index (χ2v) is 10.9. The average molecular weight is 530 g/mol. The third-order valence-electron chi connectivity index (χ3n) is 7.13. The summed E-state index contributed by atoms with van der Waals surface area (Å²) in [5.41, 5.74) is 4.05. The van der Waals surface area contributed by atoms with Gasteiger partial charge in [0.15, 0.2) is 0 Å². The van der Waals surface area contributed by atoms with E-state index >= 15 is 0 Å². The molecule has 38 heavy (non-hydrogen) atoms. The van der Waals surface area contributed by atoms with Gasteiger partial charge in [0.25, 0.3) is 0 Å². The summed E-state index contributed by atoms with van der Waals surface area (Å²) in [6, 6.07) is 9.14. The molecule has 1 fully saturated rings. The molecule has 1 aliphatic rings. The van der Waals surface area contributed by atoms with Crippen LogP contribution in [0.25, 0.3) is 0 Å². The molecule has 2 aromatic carbocycles. The highest BCUT2D eigenvalue weighted by atomic mass is 19.1. The van der Waals surface area contributed by atoms with E-state index in [9.17, 15) is 23.5 Å². The molecule has 0 radical (unpaired) electrons. The van der Waals surface area contributed by atoms with Gasteiger partial charge in [-0.3, -0.25) is 9.59 Å². The molecule has 1 heterocycles. The minimum absolute atomic E-state index is 0.0982. The Morgan fingerprint density at radius 2 is 1.66 bits per heavy atom. The maximum absolute atomic E-state index is 13.7. The van der Waals surface area contributed by atoms with Gasteiger partial charge in [-0.05, 0) is 71.9 Å². The molecule has 0 saturated carbocycles. The molecule has 0 aliphatic carbocycles. The quantitative estimate of drug-likeness (QED) is 0.410. The number of benzene rings is 2. The van der Waals surface area contributed by atoms with Crippen LogP contribution in [0.5, 0.6) is 0 Å². The molecule has 2 atom stereocenters. The molecule has 2 aromatic rings. The van der Waals surface area contributed by atoms with Gasteiger partial charge in [0.2, 0.25) is 11.8 Å². The van der Waals surface area contributed by atoms with Crippen LogP contribution >= 0.6 is 0 Å². The highest BCUT2D eigenvalue weighted by Crippen LogP contribution is 2.31. The van der Waals surface area contributed by atoms with Crippen LogP contribution in [-0.4, -0.2) is 53.6 Å². The molecule has 0 aromatic heterocycles. The number of piperidine rings is 1. The van der Waals surface area contributed by atoms with Crippen LogP contribution in [0.2, 0.25) is 0 Å². The maximum atomic E-state index is 13.7. The van der Waals surface area contributed by atoms with Crippen LogP contribution < -0.4 is 10.6 Å². The Hall–Kier alpha value is -2.84. The molecule has 3 rings (SSSR count). The van der Waals surface area contributed by atoms with Gasteiger partial charge in [0.1, 0.15) is 11.6 Å². The number of aliphatic hydroxyl groups excluding tert-OH is 1. The number of carbonyl (C=O) groups is 2. The van der Waals surface area contributed by atoms with Gasteiger partial charge in [-0.1, -0.05) is 32.0 Å².